The summed E-state index contributed by atoms with van der Waals surface area (Å²) >= 11 is 0. The zero-order chi connectivity index (χ0) is 19.9. The molecule has 3 aromatic rings. The van der Waals surface area contributed by atoms with Crippen molar-refractivity contribution in [2.45, 2.75) is 11.6 Å². The van der Waals surface area contributed by atoms with Crippen LogP contribution in [-0.4, -0.2) is 13.6 Å². The van der Waals surface area contributed by atoms with Gasteiger partial charge in [0.25, 0.3) is 0 Å². The van der Waals surface area contributed by atoms with E-state index in [1.165, 1.54) is 0 Å². The Morgan fingerprint density at radius 2 is 1.48 bits per heavy atom. The first kappa shape index (κ1) is 19.0. The zero-order valence-electron chi connectivity index (χ0n) is 13.1. The van der Waals surface area contributed by atoms with Gasteiger partial charge in [-0.2, -0.15) is 0 Å². The molecule has 0 spiro atoms. The molecule has 0 bridgehead atoms. The van der Waals surface area contributed by atoms with Crippen molar-refractivity contribution in [2.24, 2.45) is 5.14 Å². The van der Waals surface area contributed by atoms with Crippen LogP contribution in [0.5, 0.6) is 0 Å². The number of aromatic nitrogens is 1. The number of rotatable bonds is 4. The van der Waals surface area contributed by atoms with E-state index in [-0.39, 0.29) is 22.4 Å². The van der Waals surface area contributed by atoms with Crippen molar-refractivity contribution >= 4 is 10.0 Å². The number of hydrogen-bond donors (Lipinski definition) is 1. The lowest BCUT2D eigenvalue weighted by molar-refractivity contribution is 0.332. The van der Waals surface area contributed by atoms with Crippen LogP contribution < -0.4 is 5.14 Å². The number of hydrogen-bond acceptors (Lipinski definition) is 4. The molecule has 11 heteroatoms. The Hall–Kier alpha value is -2.79. The second-order valence-corrected chi connectivity index (χ2v) is 6.93. The lowest BCUT2D eigenvalue weighted by Crippen LogP contribution is -2.16. The summed E-state index contributed by atoms with van der Waals surface area (Å²) in [6.45, 7) is -1.25. The van der Waals surface area contributed by atoms with Gasteiger partial charge in [-0.3, -0.25) is 0 Å². The number of primary sulfonamides is 1. The Balaban J connectivity index is 2.28. The van der Waals surface area contributed by atoms with Gasteiger partial charge < -0.3 is 4.52 Å². The molecule has 0 amide bonds. The van der Waals surface area contributed by atoms with E-state index in [1.807, 2.05) is 0 Å². The first-order valence-electron chi connectivity index (χ1n) is 7.15. The maximum atomic E-state index is 14.1. The molecule has 0 fully saturated rings. The van der Waals surface area contributed by atoms with E-state index >= 15 is 0 Å². The minimum absolute atomic E-state index is 0.178. The molecule has 1 heterocycles. The molecule has 0 unspecified atom stereocenters. The first-order chi connectivity index (χ1) is 12.6. The van der Waals surface area contributed by atoms with E-state index in [0.717, 1.165) is 12.1 Å². The molecule has 1 aromatic heterocycles. The van der Waals surface area contributed by atoms with Gasteiger partial charge in [-0.1, -0.05) is 5.16 Å². The van der Waals surface area contributed by atoms with Crippen molar-refractivity contribution in [1.29, 1.82) is 0 Å². The highest BCUT2D eigenvalue weighted by atomic mass is 32.2. The smallest absolute Gasteiger partial charge is 0.243 e. The lowest BCUT2D eigenvalue weighted by Gasteiger charge is -2.08. The number of alkyl halides is 1. The topological polar surface area (TPSA) is 86.2 Å². The van der Waals surface area contributed by atoms with Crippen molar-refractivity contribution in [2.75, 3.05) is 0 Å². The number of halogens is 5. The van der Waals surface area contributed by atoms with E-state index in [4.69, 9.17) is 9.66 Å². The molecule has 0 aliphatic heterocycles. The van der Waals surface area contributed by atoms with Crippen LogP contribution in [0.2, 0.25) is 0 Å². The molecule has 0 aliphatic rings. The zero-order valence-corrected chi connectivity index (χ0v) is 14.0. The van der Waals surface area contributed by atoms with Gasteiger partial charge in [-0.25, -0.2) is 35.5 Å². The predicted molar refractivity (Wildman–Crippen MR) is 83.4 cm³/mol. The summed E-state index contributed by atoms with van der Waals surface area (Å²) in [4.78, 5) is -1.37. The van der Waals surface area contributed by atoms with Crippen molar-refractivity contribution in [3.63, 3.8) is 0 Å². The average molecular weight is 404 g/mol. The van der Waals surface area contributed by atoms with Gasteiger partial charge in [-0.15, -0.1) is 0 Å². The second-order valence-electron chi connectivity index (χ2n) is 5.44. The summed E-state index contributed by atoms with van der Waals surface area (Å²) in [6.07, 6.45) is 0. The minimum Gasteiger partial charge on any atom is -0.357 e. The van der Waals surface area contributed by atoms with Crippen LogP contribution in [0.25, 0.3) is 22.4 Å². The number of nitrogens with two attached hydrogens (primary N) is 1. The number of benzene rings is 2. The van der Waals surface area contributed by atoms with E-state index < -0.39 is 50.6 Å². The fourth-order valence-corrected chi connectivity index (χ4v) is 3.24. The third-order valence-electron chi connectivity index (χ3n) is 3.59. The molecular weight excluding hydrogens is 395 g/mol. The highest BCUT2D eigenvalue weighted by Crippen LogP contribution is 2.37. The maximum Gasteiger partial charge on any atom is 0.243 e. The van der Waals surface area contributed by atoms with Crippen LogP contribution >= 0.6 is 0 Å². The van der Waals surface area contributed by atoms with Gasteiger partial charge in [-0.05, 0) is 29.8 Å². The van der Waals surface area contributed by atoms with Crippen LogP contribution in [0.15, 0.2) is 39.8 Å². The van der Waals surface area contributed by atoms with Gasteiger partial charge in [0.2, 0.25) is 10.0 Å². The monoisotopic (exact) mass is 404 g/mol. The molecule has 2 N–H and O–H groups in total. The average Bonchev–Trinajstić information content (AvgIpc) is 2.95. The van der Waals surface area contributed by atoms with Crippen LogP contribution in [0.1, 0.15) is 5.76 Å². The molecular formula is C16H9F5N2O3S. The Morgan fingerprint density at radius 3 is 1.96 bits per heavy atom. The molecule has 0 saturated heterocycles. The minimum atomic E-state index is -4.70. The third-order valence-corrected chi connectivity index (χ3v) is 4.55. The van der Waals surface area contributed by atoms with E-state index in [1.54, 1.807) is 0 Å². The Bertz CT molecular complexity index is 1100. The quantitative estimate of drug-likeness (QED) is 0.672. The fraction of sp³-hybridized carbons (Fsp3) is 0.0625. The molecule has 0 aliphatic carbocycles. The molecule has 5 nitrogen and oxygen atoms in total. The SMILES string of the molecule is NS(=O)(=O)c1c(F)cc(-c2c(-c3cc(F)cc(F)c3)noc2CF)cc1F. The second kappa shape index (κ2) is 6.74. The third kappa shape index (κ3) is 3.55. The van der Waals surface area contributed by atoms with Crippen molar-refractivity contribution in [3.8, 4) is 22.4 Å². The Labute approximate surface area is 149 Å². The van der Waals surface area contributed by atoms with E-state index in [9.17, 15) is 30.4 Å². The van der Waals surface area contributed by atoms with E-state index in [2.05, 4.69) is 5.16 Å². The molecule has 0 saturated carbocycles. The molecule has 27 heavy (non-hydrogen) atoms. The van der Waals surface area contributed by atoms with Gasteiger partial charge >= 0.3 is 0 Å². The van der Waals surface area contributed by atoms with Crippen LogP contribution in [0.4, 0.5) is 22.0 Å². The van der Waals surface area contributed by atoms with Crippen molar-refractivity contribution in [1.82, 2.24) is 5.16 Å². The first-order valence-corrected chi connectivity index (χ1v) is 8.69. The van der Waals surface area contributed by atoms with Crippen molar-refractivity contribution in [3.05, 3.63) is 59.4 Å². The predicted octanol–water partition coefficient (Wildman–Crippen LogP) is 3.68. The summed E-state index contributed by atoms with van der Waals surface area (Å²) in [7, 11) is -4.70. The Kier molecular flexibility index (Phi) is 4.74. The Morgan fingerprint density at radius 1 is 0.926 bits per heavy atom. The lowest BCUT2D eigenvalue weighted by atomic mass is 9.99. The largest absolute Gasteiger partial charge is 0.357 e. The number of sulfonamides is 1. The highest BCUT2D eigenvalue weighted by molar-refractivity contribution is 7.89. The van der Waals surface area contributed by atoms with Crippen LogP contribution in [0.3, 0.4) is 0 Å². The molecule has 0 atom stereocenters. The molecule has 3 rings (SSSR count). The summed E-state index contributed by atoms with van der Waals surface area (Å²) in [5.74, 6) is -5.48. The molecule has 0 radical (unpaired) electrons. The highest BCUT2D eigenvalue weighted by Gasteiger charge is 2.26. The molecule has 2 aromatic carbocycles. The van der Waals surface area contributed by atoms with Gasteiger partial charge in [0.15, 0.2) is 17.3 Å². The standard InChI is InChI=1S/C16H9F5N2O3S/c17-6-13-14(7-3-11(20)16(12(21)4-7)27(22,24)25)15(23-26-13)8-1-9(18)5-10(19)2-8/h1-5H,6H2,(H2,22,24,25). The fourth-order valence-electron chi connectivity index (χ4n) is 2.58. The summed E-state index contributed by atoms with van der Waals surface area (Å²) in [5, 5.41) is 8.27. The van der Waals surface area contributed by atoms with Crippen LogP contribution in [-0.2, 0) is 16.7 Å². The van der Waals surface area contributed by atoms with Crippen LogP contribution in [0, 0.1) is 23.3 Å². The maximum absolute atomic E-state index is 14.1. The van der Waals surface area contributed by atoms with Gasteiger partial charge in [0.1, 0.15) is 29.0 Å². The summed E-state index contributed by atoms with van der Waals surface area (Å²) < 4.78 is 95.8. The normalized spacial score (nSPS) is 11.8. The summed E-state index contributed by atoms with van der Waals surface area (Å²) in [6, 6.07) is 3.46. The van der Waals surface area contributed by atoms with E-state index in [0.29, 0.717) is 18.2 Å². The van der Waals surface area contributed by atoms with Gasteiger partial charge in [0.05, 0.1) is 5.56 Å². The summed E-state index contributed by atoms with van der Waals surface area (Å²) in [5.41, 5.74) is -1.11. The van der Waals surface area contributed by atoms with Gasteiger partial charge in [0, 0.05) is 11.6 Å². The molecule has 142 valence electrons. The number of nitrogens with zero attached hydrogens (tertiary/aromatic N) is 1. The van der Waals surface area contributed by atoms with Crippen molar-refractivity contribution < 1.29 is 34.9 Å².